The Morgan fingerprint density at radius 3 is 2.65 bits per heavy atom. The molecule has 0 N–H and O–H groups in total. The quantitative estimate of drug-likeness (QED) is 0.535. The minimum Gasteiger partial charge on any atom is -0.466 e. The summed E-state index contributed by atoms with van der Waals surface area (Å²) in [5, 5.41) is 0. The SMILES string of the molecule is CCOC(=O)[C@@H](C)C1=CC[C@H](CC(C)C)CC1. The molecular formula is C15H26O2. The van der Waals surface area contributed by atoms with Crippen LogP contribution in [0.4, 0.5) is 0 Å². The third-order valence-electron chi connectivity index (χ3n) is 3.56. The zero-order chi connectivity index (χ0) is 12.8. The molecule has 2 atom stereocenters. The molecule has 0 bridgehead atoms. The van der Waals surface area contributed by atoms with Gasteiger partial charge in [0.25, 0.3) is 0 Å². The van der Waals surface area contributed by atoms with E-state index in [9.17, 15) is 4.79 Å². The highest BCUT2D eigenvalue weighted by Gasteiger charge is 2.23. The zero-order valence-corrected chi connectivity index (χ0v) is 11.7. The van der Waals surface area contributed by atoms with Gasteiger partial charge in [0.05, 0.1) is 12.5 Å². The van der Waals surface area contributed by atoms with Gasteiger partial charge in [0.15, 0.2) is 0 Å². The molecule has 0 aromatic carbocycles. The number of rotatable bonds is 5. The predicted molar refractivity (Wildman–Crippen MR) is 70.7 cm³/mol. The maximum absolute atomic E-state index is 11.6. The van der Waals surface area contributed by atoms with Crippen molar-refractivity contribution in [1.29, 1.82) is 0 Å². The minimum absolute atomic E-state index is 0.0463. The van der Waals surface area contributed by atoms with E-state index < -0.39 is 0 Å². The van der Waals surface area contributed by atoms with Gasteiger partial charge in [-0.05, 0) is 51.4 Å². The van der Waals surface area contributed by atoms with Gasteiger partial charge in [-0.25, -0.2) is 0 Å². The van der Waals surface area contributed by atoms with Gasteiger partial charge in [-0.3, -0.25) is 4.79 Å². The van der Waals surface area contributed by atoms with Gasteiger partial charge >= 0.3 is 5.97 Å². The molecule has 17 heavy (non-hydrogen) atoms. The van der Waals surface area contributed by atoms with Crippen molar-refractivity contribution >= 4 is 5.97 Å². The lowest BCUT2D eigenvalue weighted by Crippen LogP contribution is -2.20. The van der Waals surface area contributed by atoms with Crippen molar-refractivity contribution < 1.29 is 9.53 Å². The second-order valence-electron chi connectivity index (χ2n) is 5.52. The highest BCUT2D eigenvalue weighted by Crippen LogP contribution is 2.32. The van der Waals surface area contributed by atoms with E-state index in [1.807, 2.05) is 13.8 Å². The molecule has 98 valence electrons. The van der Waals surface area contributed by atoms with Crippen molar-refractivity contribution in [3.05, 3.63) is 11.6 Å². The lowest BCUT2D eigenvalue weighted by Gasteiger charge is -2.25. The van der Waals surface area contributed by atoms with E-state index in [2.05, 4.69) is 19.9 Å². The summed E-state index contributed by atoms with van der Waals surface area (Å²) in [6.07, 6.45) is 7.01. The smallest absolute Gasteiger partial charge is 0.312 e. The van der Waals surface area contributed by atoms with Crippen LogP contribution in [0, 0.1) is 17.8 Å². The first-order chi connectivity index (χ1) is 8.04. The average molecular weight is 238 g/mol. The standard InChI is InChI=1S/C15H26O2/c1-5-17-15(16)12(4)14-8-6-13(7-9-14)10-11(2)3/h8,11-13H,5-7,9-10H2,1-4H3/t12-,13-/m0/s1. The van der Waals surface area contributed by atoms with Crippen molar-refractivity contribution in [1.82, 2.24) is 0 Å². The third-order valence-corrected chi connectivity index (χ3v) is 3.56. The number of hydrogen-bond acceptors (Lipinski definition) is 2. The minimum atomic E-state index is -0.0685. The summed E-state index contributed by atoms with van der Waals surface area (Å²) in [5.41, 5.74) is 1.28. The first-order valence-corrected chi connectivity index (χ1v) is 6.90. The van der Waals surface area contributed by atoms with Gasteiger partial charge in [0, 0.05) is 0 Å². The van der Waals surface area contributed by atoms with Crippen LogP contribution in [0.15, 0.2) is 11.6 Å². The molecule has 0 saturated heterocycles. The number of carbonyl (C=O) groups is 1. The summed E-state index contributed by atoms with van der Waals surface area (Å²) < 4.78 is 5.07. The molecule has 0 heterocycles. The molecule has 0 aliphatic heterocycles. The normalized spacial score (nSPS) is 22.2. The molecule has 0 saturated carbocycles. The second-order valence-corrected chi connectivity index (χ2v) is 5.52. The van der Waals surface area contributed by atoms with Gasteiger partial charge in [0.1, 0.15) is 0 Å². The van der Waals surface area contributed by atoms with E-state index in [1.165, 1.54) is 18.4 Å². The Kier molecular flexibility index (Phi) is 5.73. The van der Waals surface area contributed by atoms with Crippen LogP contribution >= 0.6 is 0 Å². The molecule has 0 spiro atoms. The summed E-state index contributed by atoms with van der Waals surface area (Å²) >= 11 is 0. The summed E-state index contributed by atoms with van der Waals surface area (Å²) in [5.74, 6) is 1.47. The summed E-state index contributed by atoms with van der Waals surface area (Å²) in [6.45, 7) is 8.86. The van der Waals surface area contributed by atoms with Gasteiger partial charge in [-0.15, -0.1) is 0 Å². The fourth-order valence-corrected chi connectivity index (χ4v) is 2.60. The molecule has 1 aliphatic carbocycles. The van der Waals surface area contributed by atoms with Crippen LogP contribution in [-0.2, 0) is 9.53 Å². The highest BCUT2D eigenvalue weighted by molar-refractivity contribution is 5.75. The second kappa shape index (κ2) is 6.83. The molecule has 2 heteroatoms. The third kappa shape index (κ3) is 4.53. The number of ether oxygens (including phenoxy) is 1. The molecule has 0 unspecified atom stereocenters. The van der Waals surface area contributed by atoms with Crippen molar-refractivity contribution in [2.75, 3.05) is 6.61 Å². The van der Waals surface area contributed by atoms with Crippen LogP contribution in [0.5, 0.6) is 0 Å². The van der Waals surface area contributed by atoms with Crippen molar-refractivity contribution in [3.8, 4) is 0 Å². The topological polar surface area (TPSA) is 26.3 Å². The Bertz CT molecular complexity index is 279. The van der Waals surface area contributed by atoms with Gasteiger partial charge < -0.3 is 4.74 Å². The van der Waals surface area contributed by atoms with Crippen LogP contribution in [0.2, 0.25) is 0 Å². The Labute approximate surface area is 105 Å². The van der Waals surface area contributed by atoms with Crippen LogP contribution in [0.1, 0.15) is 53.4 Å². The lowest BCUT2D eigenvalue weighted by atomic mass is 9.81. The number of hydrogen-bond donors (Lipinski definition) is 0. The van der Waals surface area contributed by atoms with E-state index in [0.29, 0.717) is 6.61 Å². The molecule has 0 fully saturated rings. The van der Waals surface area contributed by atoms with Gasteiger partial charge in [0.2, 0.25) is 0 Å². The van der Waals surface area contributed by atoms with Crippen molar-refractivity contribution in [3.63, 3.8) is 0 Å². The number of allylic oxidation sites excluding steroid dienone is 1. The Morgan fingerprint density at radius 1 is 1.47 bits per heavy atom. The maximum atomic E-state index is 11.6. The lowest BCUT2D eigenvalue weighted by molar-refractivity contribution is -0.146. The largest absolute Gasteiger partial charge is 0.466 e. The van der Waals surface area contributed by atoms with Gasteiger partial charge in [-0.1, -0.05) is 25.5 Å². The van der Waals surface area contributed by atoms with Crippen LogP contribution in [0.3, 0.4) is 0 Å². The van der Waals surface area contributed by atoms with E-state index in [4.69, 9.17) is 4.74 Å². The highest BCUT2D eigenvalue weighted by atomic mass is 16.5. The summed E-state index contributed by atoms with van der Waals surface area (Å²) in [6, 6.07) is 0. The van der Waals surface area contributed by atoms with E-state index in [-0.39, 0.29) is 11.9 Å². The predicted octanol–water partition coefficient (Wildman–Crippen LogP) is 3.96. The molecule has 2 nitrogen and oxygen atoms in total. The van der Waals surface area contributed by atoms with Crippen LogP contribution in [-0.4, -0.2) is 12.6 Å². The van der Waals surface area contributed by atoms with E-state index in [0.717, 1.165) is 24.7 Å². The van der Waals surface area contributed by atoms with Crippen LogP contribution < -0.4 is 0 Å². The fraction of sp³-hybridized carbons (Fsp3) is 0.800. The summed E-state index contributed by atoms with van der Waals surface area (Å²) in [7, 11) is 0. The molecule has 1 rings (SSSR count). The fourth-order valence-electron chi connectivity index (χ4n) is 2.60. The number of carbonyl (C=O) groups excluding carboxylic acids is 1. The van der Waals surface area contributed by atoms with Crippen molar-refractivity contribution in [2.24, 2.45) is 17.8 Å². The molecule has 0 amide bonds. The molecular weight excluding hydrogens is 212 g/mol. The molecule has 1 aliphatic rings. The Balaban J connectivity index is 2.47. The van der Waals surface area contributed by atoms with E-state index in [1.54, 1.807) is 0 Å². The molecule has 0 radical (unpaired) electrons. The average Bonchev–Trinajstić information content (AvgIpc) is 2.28. The first kappa shape index (κ1) is 14.3. The Morgan fingerprint density at radius 2 is 2.18 bits per heavy atom. The summed E-state index contributed by atoms with van der Waals surface area (Å²) in [4.78, 5) is 11.6. The molecule has 0 aromatic heterocycles. The first-order valence-electron chi connectivity index (χ1n) is 6.90. The maximum Gasteiger partial charge on any atom is 0.312 e. The monoisotopic (exact) mass is 238 g/mol. The van der Waals surface area contributed by atoms with Crippen molar-refractivity contribution in [2.45, 2.75) is 53.4 Å². The van der Waals surface area contributed by atoms with Gasteiger partial charge in [-0.2, -0.15) is 0 Å². The zero-order valence-electron chi connectivity index (χ0n) is 11.7. The number of esters is 1. The Hall–Kier alpha value is -0.790. The molecule has 0 aromatic rings. The van der Waals surface area contributed by atoms with E-state index >= 15 is 0 Å². The van der Waals surface area contributed by atoms with Crippen LogP contribution in [0.25, 0.3) is 0 Å².